The molecule has 2 aromatic carbocycles. The molecule has 1 radical (unpaired) electrons. The van der Waals surface area contributed by atoms with Gasteiger partial charge < -0.3 is 9.31 Å². The molecule has 15 heavy (non-hydrogen) atoms. The van der Waals surface area contributed by atoms with Gasteiger partial charge in [-0.05, 0) is 21.9 Å². The van der Waals surface area contributed by atoms with Crippen molar-refractivity contribution in [3.05, 3.63) is 47.5 Å². The molecule has 2 aliphatic rings. The van der Waals surface area contributed by atoms with Crippen molar-refractivity contribution in [2.75, 3.05) is 0 Å². The van der Waals surface area contributed by atoms with Crippen molar-refractivity contribution in [3.8, 4) is 0 Å². The maximum absolute atomic E-state index is 5.50. The lowest BCUT2D eigenvalue weighted by Crippen LogP contribution is -1.98. The van der Waals surface area contributed by atoms with E-state index >= 15 is 0 Å². The Bertz CT molecular complexity index is 508. The average Bonchev–Trinajstić information content (AvgIpc) is 2.84. The molecule has 0 spiro atoms. The van der Waals surface area contributed by atoms with E-state index in [2.05, 4.69) is 36.4 Å². The Labute approximate surface area is 88.1 Å². The predicted molar refractivity (Wildman–Crippen MR) is 57.4 cm³/mol. The van der Waals surface area contributed by atoms with Gasteiger partial charge >= 0.3 is 7.69 Å². The van der Waals surface area contributed by atoms with Gasteiger partial charge in [0.2, 0.25) is 0 Å². The fraction of sp³-hybridized carbons (Fsp3) is 0.167. The molecule has 2 atom stereocenters. The van der Waals surface area contributed by atoms with Gasteiger partial charge in [-0.2, -0.15) is 0 Å². The van der Waals surface area contributed by atoms with Crippen LogP contribution in [0.4, 0.5) is 0 Å². The van der Waals surface area contributed by atoms with Crippen LogP contribution in [0.15, 0.2) is 36.4 Å². The molecule has 0 saturated carbocycles. The van der Waals surface area contributed by atoms with Crippen LogP contribution >= 0.6 is 0 Å². The molecule has 1 aliphatic heterocycles. The Morgan fingerprint density at radius 2 is 1.47 bits per heavy atom. The maximum atomic E-state index is 5.50. The molecular weight excluding hydrogens is 187 g/mol. The standard InChI is InChI=1S/C12H8BO2/c1-3-7-4-2-6-9-10(7)8(5-1)11-12(9)15-13-14-11/h1-6,11-12H. The van der Waals surface area contributed by atoms with E-state index in [1.54, 1.807) is 0 Å². The molecule has 0 aromatic heterocycles. The van der Waals surface area contributed by atoms with E-state index < -0.39 is 0 Å². The SMILES string of the molecule is [B]1OC2c3cccc4cccc(c34)C2O1. The van der Waals surface area contributed by atoms with Gasteiger partial charge in [0.25, 0.3) is 0 Å². The predicted octanol–water partition coefficient (Wildman–Crippen LogP) is 2.52. The van der Waals surface area contributed by atoms with Gasteiger partial charge in [-0.3, -0.25) is 0 Å². The third kappa shape index (κ3) is 0.875. The summed E-state index contributed by atoms with van der Waals surface area (Å²) in [5.41, 5.74) is 2.50. The monoisotopic (exact) mass is 195 g/mol. The largest absolute Gasteiger partial charge is 0.489 e. The summed E-state index contributed by atoms with van der Waals surface area (Å²) in [4.78, 5) is 0. The quantitative estimate of drug-likeness (QED) is 0.601. The smallest absolute Gasteiger partial charge is 0.403 e. The van der Waals surface area contributed by atoms with Crippen molar-refractivity contribution < 1.29 is 9.31 Å². The van der Waals surface area contributed by atoms with Gasteiger partial charge in [-0.15, -0.1) is 0 Å². The molecule has 0 amide bonds. The number of benzene rings is 2. The van der Waals surface area contributed by atoms with Gasteiger partial charge in [0.15, 0.2) is 0 Å². The molecule has 4 rings (SSSR count). The summed E-state index contributed by atoms with van der Waals surface area (Å²) < 4.78 is 11.0. The van der Waals surface area contributed by atoms with Crippen molar-refractivity contribution in [2.24, 2.45) is 0 Å². The summed E-state index contributed by atoms with van der Waals surface area (Å²) in [5.74, 6) is 0. The van der Waals surface area contributed by atoms with Crippen molar-refractivity contribution in [3.63, 3.8) is 0 Å². The highest BCUT2D eigenvalue weighted by Gasteiger charge is 2.40. The number of rotatable bonds is 0. The number of hydrogen-bond acceptors (Lipinski definition) is 2. The first kappa shape index (κ1) is 7.91. The molecule has 0 N–H and O–H groups in total. The molecule has 2 nitrogen and oxygen atoms in total. The molecule has 3 heteroatoms. The van der Waals surface area contributed by atoms with E-state index in [4.69, 9.17) is 9.31 Å². The zero-order valence-corrected chi connectivity index (χ0v) is 8.01. The minimum Gasteiger partial charge on any atom is -0.403 e. The summed E-state index contributed by atoms with van der Waals surface area (Å²) in [6, 6.07) is 12.7. The highest BCUT2D eigenvalue weighted by molar-refractivity contribution is 6.19. The molecule has 2 unspecified atom stereocenters. The van der Waals surface area contributed by atoms with E-state index in [-0.39, 0.29) is 12.2 Å². The van der Waals surface area contributed by atoms with Gasteiger partial charge in [0.1, 0.15) is 0 Å². The molecule has 1 fully saturated rings. The van der Waals surface area contributed by atoms with Crippen molar-refractivity contribution in [2.45, 2.75) is 12.2 Å². The summed E-state index contributed by atoms with van der Waals surface area (Å²) in [7, 11) is 1.46. The third-order valence-corrected chi connectivity index (χ3v) is 3.26. The van der Waals surface area contributed by atoms with Crippen LogP contribution in [0.5, 0.6) is 0 Å². The number of fused-ring (bicyclic) bond motifs is 3. The Kier molecular flexibility index (Phi) is 1.38. The van der Waals surface area contributed by atoms with Crippen LogP contribution in [-0.2, 0) is 9.31 Å². The Hall–Kier alpha value is -1.32. The Morgan fingerprint density at radius 3 is 2.07 bits per heavy atom. The summed E-state index contributed by atoms with van der Waals surface area (Å²) >= 11 is 0. The first-order chi connectivity index (χ1) is 7.45. The molecule has 71 valence electrons. The summed E-state index contributed by atoms with van der Waals surface area (Å²) in [6.45, 7) is 0. The molecule has 0 bridgehead atoms. The fourth-order valence-corrected chi connectivity index (χ4v) is 2.64. The highest BCUT2D eigenvalue weighted by Crippen LogP contribution is 2.49. The van der Waals surface area contributed by atoms with Crippen LogP contribution < -0.4 is 0 Å². The van der Waals surface area contributed by atoms with E-state index in [9.17, 15) is 0 Å². The minimum atomic E-state index is 0.0612. The topological polar surface area (TPSA) is 18.5 Å². The molecule has 1 heterocycles. The molecule has 1 aliphatic carbocycles. The molecular formula is C12H8BO2. The normalized spacial score (nSPS) is 26.7. The lowest BCUT2D eigenvalue weighted by molar-refractivity contribution is 0.170. The Balaban J connectivity index is 2.15. The van der Waals surface area contributed by atoms with Crippen LogP contribution in [0.3, 0.4) is 0 Å². The van der Waals surface area contributed by atoms with Crippen molar-refractivity contribution in [1.82, 2.24) is 0 Å². The Morgan fingerprint density at radius 1 is 0.867 bits per heavy atom. The van der Waals surface area contributed by atoms with Crippen molar-refractivity contribution in [1.29, 1.82) is 0 Å². The van der Waals surface area contributed by atoms with Gasteiger partial charge in [0.05, 0.1) is 12.2 Å². The van der Waals surface area contributed by atoms with E-state index in [1.807, 2.05) is 0 Å². The second-order valence-corrected chi connectivity index (χ2v) is 4.00. The van der Waals surface area contributed by atoms with Crippen LogP contribution in [0.2, 0.25) is 0 Å². The second kappa shape index (κ2) is 2.63. The van der Waals surface area contributed by atoms with Crippen LogP contribution in [0.1, 0.15) is 23.3 Å². The van der Waals surface area contributed by atoms with E-state index in [0.717, 1.165) is 0 Å². The zero-order valence-electron chi connectivity index (χ0n) is 8.01. The average molecular weight is 195 g/mol. The lowest BCUT2D eigenvalue weighted by Gasteiger charge is -2.09. The molecule has 1 saturated heterocycles. The summed E-state index contributed by atoms with van der Waals surface area (Å²) in [5, 5.41) is 2.58. The maximum Gasteiger partial charge on any atom is 0.489 e. The van der Waals surface area contributed by atoms with Crippen LogP contribution in [-0.4, -0.2) is 7.69 Å². The minimum absolute atomic E-state index is 0.0612. The summed E-state index contributed by atoms with van der Waals surface area (Å²) in [6.07, 6.45) is 0.122. The lowest BCUT2D eigenvalue weighted by atomic mass is 10.0. The van der Waals surface area contributed by atoms with Crippen LogP contribution in [0, 0.1) is 0 Å². The molecule has 2 aromatic rings. The van der Waals surface area contributed by atoms with Gasteiger partial charge in [0, 0.05) is 0 Å². The highest BCUT2D eigenvalue weighted by atomic mass is 16.6. The fourth-order valence-electron chi connectivity index (χ4n) is 2.64. The van der Waals surface area contributed by atoms with Crippen LogP contribution in [0.25, 0.3) is 10.8 Å². The first-order valence-electron chi connectivity index (χ1n) is 5.09. The van der Waals surface area contributed by atoms with E-state index in [1.165, 1.54) is 29.6 Å². The first-order valence-corrected chi connectivity index (χ1v) is 5.09. The van der Waals surface area contributed by atoms with Gasteiger partial charge in [-0.1, -0.05) is 36.4 Å². The second-order valence-electron chi connectivity index (χ2n) is 4.00. The van der Waals surface area contributed by atoms with Gasteiger partial charge in [-0.25, -0.2) is 0 Å². The third-order valence-electron chi connectivity index (χ3n) is 3.26. The van der Waals surface area contributed by atoms with E-state index in [0.29, 0.717) is 0 Å². The number of hydrogen-bond donors (Lipinski definition) is 0. The van der Waals surface area contributed by atoms with Crippen molar-refractivity contribution >= 4 is 18.5 Å². The zero-order chi connectivity index (χ0) is 9.83.